The Balaban J connectivity index is 1.43. The van der Waals surface area contributed by atoms with E-state index in [-0.39, 0.29) is 0 Å². The Morgan fingerprint density at radius 1 is 1.06 bits per heavy atom. The molecule has 1 aliphatic heterocycles. The summed E-state index contributed by atoms with van der Waals surface area (Å²) in [5.41, 5.74) is 0. The first kappa shape index (κ1) is 11.0. The zero-order valence-electron chi connectivity index (χ0n) is 10.6. The van der Waals surface area contributed by atoms with E-state index in [2.05, 4.69) is 17.1 Å². The summed E-state index contributed by atoms with van der Waals surface area (Å²) in [6.45, 7) is 6.29. The van der Waals surface area contributed by atoms with E-state index in [1.54, 1.807) is 0 Å². The lowest BCUT2D eigenvalue weighted by atomic mass is 10.1. The van der Waals surface area contributed by atoms with Crippen LogP contribution in [-0.2, 0) is 0 Å². The maximum absolute atomic E-state index is 3.88. The van der Waals surface area contributed by atoms with Crippen molar-refractivity contribution in [1.82, 2.24) is 10.2 Å². The fourth-order valence-electron chi connectivity index (χ4n) is 3.25. The average Bonchev–Trinajstić information content (AvgIpc) is 3.21. The van der Waals surface area contributed by atoms with Gasteiger partial charge in [-0.3, -0.25) is 4.90 Å². The number of nitrogens with one attached hydrogen (secondary N) is 1. The molecule has 1 unspecified atom stereocenters. The molecule has 0 amide bonds. The zero-order valence-corrected chi connectivity index (χ0v) is 10.6. The molecule has 1 saturated heterocycles. The van der Waals surface area contributed by atoms with E-state index in [0.717, 1.165) is 23.9 Å². The smallest absolute Gasteiger partial charge is 0.0192 e. The number of rotatable bonds is 6. The van der Waals surface area contributed by atoms with Crippen LogP contribution >= 0.6 is 0 Å². The Morgan fingerprint density at radius 3 is 2.12 bits per heavy atom. The van der Waals surface area contributed by atoms with Crippen molar-refractivity contribution >= 4 is 0 Å². The molecule has 0 aromatic carbocycles. The molecule has 0 aromatic rings. The van der Waals surface area contributed by atoms with Gasteiger partial charge in [0.15, 0.2) is 0 Å². The van der Waals surface area contributed by atoms with Gasteiger partial charge in [-0.25, -0.2) is 0 Å². The Hall–Kier alpha value is -0.0800. The van der Waals surface area contributed by atoms with Gasteiger partial charge < -0.3 is 5.32 Å². The van der Waals surface area contributed by atoms with Crippen LogP contribution in [0.15, 0.2) is 0 Å². The van der Waals surface area contributed by atoms with Gasteiger partial charge in [0.05, 0.1) is 0 Å². The van der Waals surface area contributed by atoms with E-state index in [1.807, 2.05) is 0 Å². The topological polar surface area (TPSA) is 15.3 Å². The van der Waals surface area contributed by atoms with Gasteiger partial charge in [-0.15, -0.1) is 0 Å². The Bertz CT molecular complexity index is 215. The molecule has 2 nitrogen and oxygen atoms in total. The molecular weight excluding hydrogens is 196 g/mol. The summed E-state index contributed by atoms with van der Waals surface area (Å²) < 4.78 is 0. The normalized spacial score (nSPS) is 28.9. The van der Waals surface area contributed by atoms with Crippen LogP contribution in [0.3, 0.4) is 0 Å². The van der Waals surface area contributed by atoms with E-state index >= 15 is 0 Å². The lowest BCUT2D eigenvalue weighted by Gasteiger charge is -2.27. The van der Waals surface area contributed by atoms with Crippen molar-refractivity contribution in [1.29, 1.82) is 0 Å². The summed E-state index contributed by atoms with van der Waals surface area (Å²) in [5.74, 6) is 2.08. The van der Waals surface area contributed by atoms with Gasteiger partial charge in [-0.1, -0.05) is 0 Å². The molecule has 3 fully saturated rings. The molecule has 0 spiro atoms. The largest absolute Gasteiger partial charge is 0.312 e. The molecule has 16 heavy (non-hydrogen) atoms. The Labute approximate surface area is 99.8 Å². The quantitative estimate of drug-likeness (QED) is 0.741. The van der Waals surface area contributed by atoms with Crippen LogP contribution in [0.1, 0.15) is 45.4 Å². The second-order valence-electron chi connectivity index (χ2n) is 6.20. The third-order valence-electron chi connectivity index (χ3n) is 4.67. The van der Waals surface area contributed by atoms with E-state index in [4.69, 9.17) is 0 Å². The minimum Gasteiger partial charge on any atom is -0.312 e. The van der Waals surface area contributed by atoms with E-state index in [9.17, 15) is 0 Å². The molecule has 1 heterocycles. The van der Waals surface area contributed by atoms with Gasteiger partial charge in [0, 0.05) is 18.6 Å². The fourth-order valence-corrected chi connectivity index (χ4v) is 3.25. The summed E-state index contributed by atoms with van der Waals surface area (Å²) in [6.07, 6.45) is 8.80. The van der Waals surface area contributed by atoms with Gasteiger partial charge in [0.25, 0.3) is 0 Å². The highest BCUT2D eigenvalue weighted by molar-refractivity contribution is 4.96. The van der Waals surface area contributed by atoms with Crippen LogP contribution in [0.5, 0.6) is 0 Å². The highest BCUT2D eigenvalue weighted by Gasteiger charge is 2.41. The van der Waals surface area contributed by atoms with Gasteiger partial charge in [0.2, 0.25) is 0 Å². The molecule has 2 heteroatoms. The van der Waals surface area contributed by atoms with Crippen molar-refractivity contribution in [3.05, 3.63) is 0 Å². The predicted octanol–water partition coefficient (Wildman–Crippen LogP) is 2.25. The predicted molar refractivity (Wildman–Crippen MR) is 67.5 cm³/mol. The standard InChI is InChI=1S/C14H26N2/c1-11(16-8-2-3-9-16)10-15-14(12-4-5-12)13-6-7-13/h11-15H,2-10H2,1H3. The molecule has 0 aromatic heterocycles. The Morgan fingerprint density at radius 2 is 1.62 bits per heavy atom. The molecule has 0 radical (unpaired) electrons. The highest BCUT2D eigenvalue weighted by atomic mass is 15.2. The molecular formula is C14H26N2. The average molecular weight is 222 g/mol. The van der Waals surface area contributed by atoms with E-state index in [0.29, 0.717) is 0 Å². The summed E-state index contributed by atoms with van der Waals surface area (Å²) in [4.78, 5) is 2.66. The van der Waals surface area contributed by atoms with Crippen molar-refractivity contribution in [3.63, 3.8) is 0 Å². The van der Waals surface area contributed by atoms with E-state index in [1.165, 1.54) is 58.2 Å². The summed E-state index contributed by atoms with van der Waals surface area (Å²) >= 11 is 0. The van der Waals surface area contributed by atoms with Gasteiger partial charge in [-0.2, -0.15) is 0 Å². The van der Waals surface area contributed by atoms with Gasteiger partial charge >= 0.3 is 0 Å². The minimum atomic E-state index is 0.752. The maximum atomic E-state index is 3.88. The molecule has 3 rings (SSSR count). The first-order valence-electron chi connectivity index (χ1n) is 7.32. The Kier molecular flexibility index (Phi) is 3.21. The lowest BCUT2D eigenvalue weighted by Crippen LogP contribution is -2.43. The first-order chi connectivity index (χ1) is 7.84. The first-order valence-corrected chi connectivity index (χ1v) is 7.32. The van der Waals surface area contributed by atoms with Crippen molar-refractivity contribution < 1.29 is 0 Å². The molecule has 2 aliphatic carbocycles. The minimum absolute atomic E-state index is 0.752. The van der Waals surface area contributed by atoms with Crippen molar-refractivity contribution in [3.8, 4) is 0 Å². The van der Waals surface area contributed by atoms with Crippen LogP contribution in [0.2, 0.25) is 0 Å². The van der Waals surface area contributed by atoms with Crippen molar-refractivity contribution in [2.75, 3.05) is 19.6 Å². The van der Waals surface area contributed by atoms with Crippen LogP contribution in [-0.4, -0.2) is 36.6 Å². The SMILES string of the molecule is CC(CNC(C1CC1)C1CC1)N1CCCC1. The zero-order chi connectivity index (χ0) is 11.0. The molecule has 92 valence electrons. The monoisotopic (exact) mass is 222 g/mol. The highest BCUT2D eigenvalue weighted by Crippen LogP contribution is 2.44. The number of hydrogen-bond acceptors (Lipinski definition) is 2. The number of likely N-dealkylation sites (tertiary alicyclic amines) is 1. The third-order valence-corrected chi connectivity index (χ3v) is 4.67. The molecule has 0 bridgehead atoms. The van der Waals surface area contributed by atoms with Crippen LogP contribution in [0.4, 0.5) is 0 Å². The lowest BCUT2D eigenvalue weighted by molar-refractivity contribution is 0.239. The third kappa shape index (κ3) is 2.60. The van der Waals surface area contributed by atoms with Gasteiger partial charge in [-0.05, 0) is 70.4 Å². The van der Waals surface area contributed by atoms with E-state index < -0.39 is 0 Å². The van der Waals surface area contributed by atoms with Gasteiger partial charge in [0.1, 0.15) is 0 Å². The second-order valence-corrected chi connectivity index (χ2v) is 6.20. The molecule has 3 aliphatic rings. The summed E-state index contributed by atoms with van der Waals surface area (Å²) in [6, 6.07) is 1.63. The number of hydrogen-bond donors (Lipinski definition) is 1. The summed E-state index contributed by atoms with van der Waals surface area (Å²) in [5, 5.41) is 3.88. The van der Waals surface area contributed by atoms with Crippen LogP contribution < -0.4 is 5.32 Å². The molecule has 2 saturated carbocycles. The molecule has 1 atom stereocenters. The van der Waals surface area contributed by atoms with Crippen LogP contribution in [0.25, 0.3) is 0 Å². The fraction of sp³-hybridized carbons (Fsp3) is 1.00. The maximum Gasteiger partial charge on any atom is 0.0192 e. The van der Waals surface area contributed by atoms with Crippen molar-refractivity contribution in [2.45, 2.75) is 57.5 Å². The van der Waals surface area contributed by atoms with Crippen LogP contribution in [0, 0.1) is 11.8 Å². The number of nitrogens with zero attached hydrogens (tertiary/aromatic N) is 1. The molecule has 1 N–H and O–H groups in total. The second kappa shape index (κ2) is 4.66. The summed E-state index contributed by atoms with van der Waals surface area (Å²) in [7, 11) is 0. The van der Waals surface area contributed by atoms with Crippen molar-refractivity contribution in [2.24, 2.45) is 11.8 Å².